The first kappa shape index (κ1) is 27.0. The number of ether oxygens (including phenoxy) is 1. The van der Waals surface area contributed by atoms with E-state index in [0.717, 1.165) is 40.9 Å². The third kappa shape index (κ3) is 3.91. The molecule has 1 saturated heterocycles. The molecule has 7 heteroatoms. The number of aliphatic hydroxyl groups is 1. The first-order valence-corrected chi connectivity index (χ1v) is 19.7. The van der Waals surface area contributed by atoms with Gasteiger partial charge in [0.2, 0.25) is 0 Å². The van der Waals surface area contributed by atoms with Crippen molar-refractivity contribution in [3.8, 4) is 0 Å². The maximum atomic E-state index is 13.8. The summed E-state index contributed by atoms with van der Waals surface area (Å²) in [4.78, 5) is 27.1. The molecule has 1 aliphatic heterocycles. The predicted octanol–water partition coefficient (Wildman–Crippen LogP) is 6.10. The van der Waals surface area contributed by atoms with Gasteiger partial charge in [-0.05, 0) is 67.6 Å². The van der Waals surface area contributed by atoms with E-state index in [2.05, 4.69) is 53.4 Å². The van der Waals surface area contributed by atoms with Gasteiger partial charge in [-0.2, -0.15) is 0 Å². The summed E-state index contributed by atoms with van der Waals surface area (Å²) in [6, 6.07) is 2.79. The van der Waals surface area contributed by atoms with E-state index >= 15 is 0 Å². The van der Waals surface area contributed by atoms with Crippen molar-refractivity contribution in [1.29, 1.82) is 0 Å². The van der Waals surface area contributed by atoms with Crippen LogP contribution in [0.3, 0.4) is 0 Å². The minimum atomic E-state index is -2.21. The van der Waals surface area contributed by atoms with Crippen molar-refractivity contribution in [2.45, 2.75) is 128 Å². The number of esters is 1. The average molecular weight is 519 g/mol. The van der Waals surface area contributed by atoms with Crippen molar-refractivity contribution in [3.05, 3.63) is 22.4 Å². The molecule has 2 fully saturated rings. The third-order valence-electron chi connectivity index (χ3n) is 9.84. The molecule has 0 spiro atoms. The number of hydrogen-bond donors (Lipinski definition) is 1. The van der Waals surface area contributed by atoms with Crippen molar-refractivity contribution in [2.24, 2.45) is 11.3 Å². The van der Waals surface area contributed by atoms with Crippen LogP contribution in [0, 0.1) is 11.3 Å². The zero-order valence-corrected chi connectivity index (χ0v) is 25.4. The molecule has 0 amide bonds. The summed E-state index contributed by atoms with van der Waals surface area (Å²) >= 11 is 0. The predicted molar refractivity (Wildman–Crippen MR) is 144 cm³/mol. The van der Waals surface area contributed by atoms with Crippen molar-refractivity contribution >= 4 is 28.1 Å². The van der Waals surface area contributed by atoms with Gasteiger partial charge in [0.25, 0.3) is 0 Å². The van der Waals surface area contributed by atoms with Gasteiger partial charge in [0.05, 0.1) is 13.7 Å². The number of rotatable bonds is 6. The zero-order valence-electron chi connectivity index (χ0n) is 23.4. The summed E-state index contributed by atoms with van der Waals surface area (Å²) in [6.45, 7) is 19.4. The molecule has 0 aromatic heterocycles. The Morgan fingerprint density at radius 1 is 1.06 bits per heavy atom. The number of fused-ring (bicyclic) bond motifs is 4. The van der Waals surface area contributed by atoms with Gasteiger partial charge in [0.1, 0.15) is 5.60 Å². The molecule has 35 heavy (non-hydrogen) atoms. The number of hydrogen-bond acceptors (Lipinski definition) is 5. The number of carbonyl (C=O) groups excluding carboxylic acids is 2. The Kier molecular flexibility index (Phi) is 6.36. The van der Waals surface area contributed by atoms with Crippen LogP contribution in [0.4, 0.5) is 0 Å². The SMILES string of the molecule is CC[Si](CC)(CC)O[C@]12C[C@@]3(O)CCC4(C)CC(=O)C([Si](C)(C)C)=C4C3=CC[C@H]1C(C)(C)OC2=O. The Morgan fingerprint density at radius 2 is 1.66 bits per heavy atom. The summed E-state index contributed by atoms with van der Waals surface area (Å²) in [5, 5.41) is 13.4. The second-order valence-corrected chi connectivity index (χ2v) is 23.2. The van der Waals surface area contributed by atoms with Gasteiger partial charge >= 0.3 is 5.97 Å². The van der Waals surface area contributed by atoms with Crippen LogP contribution in [-0.2, 0) is 18.8 Å². The zero-order chi connectivity index (χ0) is 26.2. The lowest BCUT2D eigenvalue weighted by Gasteiger charge is -2.48. The lowest BCUT2D eigenvalue weighted by atomic mass is 9.62. The number of Topliss-reactive ketones (excluding diaryl/α,β-unsaturated/α-hetero) is 1. The topological polar surface area (TPSA) is 72.8 Å². The van der Waals surface area contributed by atoms with E-state index in [1.54, 1.807) is 0 Å². The molecule has 4 aliphatic rings. The minimum Gasteiger partial charge on any atom is -0.457 e. The number of cyclic esters (lactones) is 1. The highest BCUT2D eigenvalue weighted by Crippen LogP contribution is 2.62. The fraction of sp³-hybridized carbons (Fsp3) is 0.786. The van der Waals surface area contributed by atoms with Crippen molar-refractivity contribution in [2.75, 3.05) is 0 Å². The normalized spacial score (nSPS) is 36.9. The molecule has 1 N–H and O–H groups in total. The van der Waals surface area contributed by atoms with E-state index in [9.17, 15) is 14.7 Å². The quantitative estimate of drug-likeness (QED) is 0.340. The third-order valence-corrected chi connectivity index (χ3v) is 16.5. The maximum absolute atomic E-state index is 13.8. The van der Waals surface area contributed by atoms with E-state index in [1.807, 2.05) is 13.8 Å². The summed E-state index contributed by atoms with van der Waals surface area (Å²) in [7, 11) is -4.16. The fourth-order valence-corrected chi connectivity index (χ4v) is 12.8. The van der Waals surface area contributed by atoms with Gasteiger partial charge in [-0.25, -0.2) is 4.79 Å². The van der Waals surface area contributed by atoms with Crippen LogP contribution in [0.2, 0.25) is 37.8 Å². The van der Waals surface area contributed by atoms with Gasteiger partial charge in [0, 0.05) is 24.2 Å². The Hall–Kier alpha value is -1.03. The smallest absolute Gasteiger partial charge is 0.338 e. The maximum Gasteiger partial charge on any atom is 0.338 e. The van der Waals surface area contributed by atoms with Crippen LogP contribution in [0.1, 0.15) is 73.6 Å². The van der Waals surface area contributed by atoms with Crippen LogP contribution in [0.25, 0.3) is 0 Å². The molecule has 4 rings (SSSR count). The van der Waals surface area contributed by atoms with Crippen molar-refractivity contribution in [1.82, 2.24) is 0 Å². The van der Waals surface area contributed by atoms with E-state index in [4.69, 9.17) is 9.16 Å². The second kappa shape index (κ2) is 8.24. The van der Waals surface area contributed by atoms with E-state index in [-0.39, 0.29) is 29.5 Å². The van der Waals surface area contributed by atoms with Gasteiger partial charge in [-0.1, -0.05) is 53.4 Å². The summed E-state index contributed by atoms with van der Waals surface area (Å²) in [5.41, 5.74) is -1.26. The minimum absolute atomic E-state index is 0.180. The standard InChI is InChI=1S/C28H46O5Si2/c1-10-35(11-2,12-3)33-28-18-27(31)16-15-26(6)17-20(29)23(34(7,8)9)22(26)19(27)13-14-21(28)25(4,5)32-24(28)30/h13,21,31H,10-12,14-18H2,1-9H3/t21-,26?,27-,28+/m0/s1. The molecule has 0 aromatic rings. The molecular weight excluding hydrogens is 472 g/mol. The largest absolute Gasteiger partial charge is 0.457 e. The molecular formula is C28H46O5Si2. The van der Waals surface area contributed by atoms with E-state index < -0.39 is 33.2 Å². The molecule has 5 nitrogen and oxygen atoms in total. The Morgan fingerprint density at radius 3 is 2.20 bits per heavy atom. The van der Waals surface area contributed by atoms with E-state index in [1.165, 1.54) is 0 Å². The van der Waals surface area contributed by atoms with Crippen LogP contribution < -0.4 is 0 Å². The van der Waals surface area contributed by atoms with Gasteiger partial charge in [0.15, 0.2) is 19.7 Å². The Labute approximate surface area is 213 Å². The highest BCUT2D eigenvalue weighted by atomic mass is 28.4. The highest BCUT2D eigenvalue weighted by Gasteiger charge is 2.68. The first-order chi connectivity index (χ1) is 16.0. The number of carbonyl (C=O) groups is 2. The van der Waals surface area contributed by atoms with Gasteiger partial charge < -0.3 is 14.3 Å². The summed E-state index contributed by atoms with van der Waals surface area (Å²) < 4.78 is 13.1. The molecule has 0 bridgehead atoms. The van der Waals surface area contributed by atoms with Gasteiger partial charge in [-0.15, -0.1) is 0 Å². The molecule has 4 atom stereocenters. The summed E-state index contributed by atoms with van der Waals surface area (Å²) in [6.07, 6.45) is 4.80. The molecule has 0 aromatic carbocycles. The van der Waals surface area contributed by atoms with Crippen LogP contribution in [-0.4, -0.2) is 50.1 Å². The van der Waals surface area contributed by atoms with Gasteiger partial charge in [-0.3, -0.25) is 4.79 Å². The number of ketones is 1. The molecule has 1 saturated carbocycles. The molecule has 0 radical (unpaired) electrons. The number of allylic oxidation sites excluding steroid dienone is 2. The summed E-state index contributed by atoms with van der Waals surface area (Å²) in [5.74, 6) is -0.227. The van der Waals surface area contributed by atoms with Crippen molar-refractivity contribution in [3.63, 3.8) is 0 Å². The molecule has 196 valence electrons. The fourth-order valence-electron chi connectivity index (χ4n) is 7.71. The molecule has 1 unspecified atom stereocenters. The molecule has 3 aliphatic carbocycles. The first-order valence-electron chi connectivity index (χ1n) is 13.7. The van der Waals surface area contributed by atoms with Crippen LogP contribution >= 0.6 is 0 Å². The van der Waals surface area contributed by atoms with Crippen molar-refractivity contribution < 1.29 is 23.9 Å². The lowest BCUT2D eigenvalue weighted by Crippen LogP contribution is -2.58. The Balaban J connectivity index is 1.92. The monoisotopic (exact) mass is 518 g/mol. The second-order valence-electron chi connectivity index (χ2n) is 13.5. The average Bonchev–Trinajstić information content (AvgIpc) is 3.05. The highest BCUT2D eigenvalue weighted by molar-refractivity contribution is 6.87. The van der Waals surface area contributed by atoms with E-state index in [0.29, 0.717) is 19.3 Å². The van der Waals surface area contributed by atoms with Crippen LogP contribution in [0.15, 0.2) is 22.4 Å². The molecule has 1 heterocycles. The van der Waals surface area contributed by atoms with Crippen LogP contribution in [0.5, 0.6) is 0 Å². The lowest BCUT2D eigenvalue weighted by molar-refractivity contribution is -0.160. The Bertz CT molecular complexity index is 993.